The lowest BCUT2D eigenvalue weighted by molar-refractivity contribution is 0.102. The van der Waals surface area contributed by atoms with E-state index >= 15 is 0 Å². The minimum Gasteiger partial charge on any atom is -0.497 e. The minimum atomic E-state index is -0.167. The fraction of sp³-hybridized carbons (Fsp3) is 0.370. The summed E-state index contributed by atoms with van der Waals surface area (Å²) in [6.45, 7) is 0.453. The van der Waals surface area contributed by atoms with Crippen molar-refractivity contribution in [2.24, 2.45) is 0 Å². The van der Waals surface area contributed by atoms with Gasteiger partial charge in [-0.25, -0.2) is 0 Å². The van der Waals surface area contributed by atoms with Crippen LogP contribution in [0.3, 0.4) is 0 Å². The molecule has 4 rings (SSSR count). The van der Waals surface area contributed by atoms with E-state index in [-0.39, 0.29) is 5.91 Å². The Balaban J connectivity index is 1.64. The van der Waals surface area contributed by atoms with Gasteiger partial charge in [-0.05, 0) is 49.4 Å². The highest BCUT2D eigenvalue weighted by Gasteiger charge is 2.26. The van der Waals surface area contributed by atoms with E-state index in [1.54, 1.807) is 71.2 Å². The van der Waals surface area contributed by atoms with Crippen LogP contribution in [0.4, 0.5) is 10.7 Å². The number of fused-ring (bicyclic) bond motifs is 1. The average molecular weight is 513 g/mol. The second kappa shape index (κ2) is 11.4. The van der Waals surface area contributed by atoms with Crippen LogP contribution in [0.2, 0.25) is 0 Å². The molecule has 0 spiro atoms. The van der Waals surface area contributed by atoms with Gasteiger partial charge in [0.05, 0.1) is 46.8 Å². The maximum Gasteiger partial charge on any atom is 0.259 e. The van der Waals surface area contributed by atoms with Crippen LogP contribution in [-0.4, -0.2) is 41.5 Å². The first kappa shape index (κ1) is 25.5. The first-order valence-electron chi connectivity index (χ1n) is 11.7. The SMILES string of the molecule is COc1ccc(NC(=O)c2c(NCc3cc(OC)c(OC)cc3OC)sc3c2CCCC3)c(OC)c1. The minimum absolute atomic E-state index is 0.167. The molecule has 36 heavy (non-hydrogen) atoms. The molecule has 0 fully saturated rings. The second-order valence-electron chi connectivity index (χ2n) is 8.31. The zero-order chi connectivity index (χ0) is 25.7. The Morgan fingerprint density at radius 3 is 2.22 bits per heavy atom. The Morgan fingerprint density at radius 1 is 0.833 bits per heavy atom. The Morgan fingerprint density at radius 2 is 1.53 bits per heavy atom. The Kier molecular flexibility index (Phi) is 8.10. The molecule has 1 aliphatic rings. The zero-order valence-electron chi connectivity index (χ0n) is 21.3. The number of aryl methyl sites for hydroxylation is 1. The Bertz CT molecular complexity index is 1240. The molecular weight excluding hydrogens is 480 g/mol. The summed E-state index contributed by atoms with van der Waals surface area (Å²) < 4.78 is 27.2. The van der Waals surface area contributed by atoms with Gasteiger partial charge in [0.2, 0.25) is 0 Å². The number of nitrogens with one attached hydrogen (secondary N) is 2. The van der Waals surface area contributed by atoms with E-state index in [0.29, 0.717) is 46.5 Å². The molecule has 1 heterocycles. The predicted octanol–water partition coefficient (Wildman–Crippen LogP) is 5.53. The number of hydrogen-bond acceptors (Lipinski definition) is 8. The number of ether oxygens (including phenoxy) is 5. The van der Waals surface area contributed by atoms with Crippen LogP contribution in [0.1, 0.15) is 39.2 Å². The normalized spacial score (nSPS) is 12.4. The Hall–Kier alpha value is -3.59. The molecule has 0 radical (unpaired) electrons. The molecule has 0 unspecified atom stereocenters. The molecule has 0 saturated heterocycles. The number of benzene rings is 2. The first-order valence-corrected chi connectivity index (χ1v) is 12.5. The zero-order valence-corrected chi connectivity index (χ0v) is 22.1. The van der Waals surface area contributed by atoms with Crippen LogP contribution in [-0.2, 0) is 19.4 Å². The summed E-state index contributed by atoms with van der Waals surface area (Å²) in [5, 5.41) is 7.38. The van der Waals surface area contributed by atoms with Crippen molar-refractivity contribution in [1.82, 2.24) is 0 Å². The van der Waals surface area contributed by atoms with E-state index in [4.69, 9.17) is 23.7 Å². The fourth-order valence-corrected chi connectivity index (χ4v) is 5.71. The van der Waals surface area contributed by atoms with Crippen LogP contribution < -0.4 is 34.3 Å². The summed E-state index contributed by atoms with van der Waals surface area (Å²) in [4.78, 5) is 14.9. The third kappa shape index (κ3) is 5.16. The van der Waals surface area contributed by atoms with Gasteiger partial charge < -0.3 is 34.3 Å². The number of thiophene rings is 1. The van der Waals surface area contributed by atoms with Crippen molar-refractivity contribution in [2.75, 3.05) is 46.2 Å². The molecule has 1 aromatic heterocycles. The number of amides is 1. The third-order valence-corrected chi connectivity index (χ3v) is 7.53. The molecule has 9 heteroatoms. The summed E-state index contributed by atoms with van der Waals surface area (Å²) in [6.07, 6.45) is 4.06. The molecule has 0 saturated carbocycles. The number of carbonyl (C=O) groups excluding carboxylic acids is 1. The lowest BCUT2D eigenvalue weighted by atomic mass is 9.95. The highest BCUT2D eigenvalue weighted by atomic mass is 32.1. The quantitative estimate of drug-likeness (QED) is 0.369. The number of hydrogen-bond donors (Lipinski definition) is 2. The van der Waals surface area contributed by atoms with Crippen molar-refractivity contribution in [3.63, 3.8) is 0 Å². The molecular formula is C27H32N2O6S. The van der Waals surface area contributed by atoms with Gasteiger partial charge in [0.25, 0.3) is 5.91 Å². The molecule has 0 atom stereocenters. The average Bonchev–Trinajstić information content (AvgIpc) is 3.29. The van der Waals surface area contributed by atoms with Gasteiger partial charge in [-0.3, -0.25) is 4.79 Å². The molecule has 2 aromatic carbocycles. The number of carbonyl (C=O) groups is 1. The van der Waals surface area contributed by atoms with Gasteiger partial charge >= 0.3 is 0 Å². The summed E-state index contributed by atoms with van der Waals surface area (Å²) in [6, 6.07) is 9.03. The van der Waals surface area contributed by atoms with Crippen LogP contribution in [0.25, 0.3) is 0 Å². The fourth-order valence-electron chi connectivity index (χ4n) is 4.42. The third-order valence-electron chi connectivity index (χ3n) is 6.28. The van der Waals surface area contributed by atoms with E-state index in [0.717, 1.165) is 41.8 Å². The highest BCUT2D eigenvalue weighted by Crippen LogP contribution is 2.41. The van der Waals surface area contributed by atoms with E-state index in [1.165, 1.54) is 4.88 Å². The van der Waals surface area contributed by atoms with E-state index < -0.39 is 0 Å². The van der Waals surface area contributed by atoms with Crippen LogP contribution in [0, 0.1) is 0 Å². The first-order chi connectivity index (χ1) is 17.5. The summed E-state index contributed by atoms with van der Waals surface area (Å²) in [5.41, 5.74) is 3.29. The largest absolute Gasteiger partial charge is 0.497 e. The van der Waals surface area contributed by atoms with Gasteiger partial charge in [-0.2, -0.15) is 0 Å². The lowest BCUT2D eigenvalue weighted by Gasteiger charge is -2.16. The van der Waals surface area contributed by atoms with E-state index in [1.807, 2.05) is 6.07 Å². The molecule has 0 aliphatic heterocycles. The number of methoxy groups -OCH3 is 5. The molecule has 1 amide bonds. The second-order valence-corrected chi connectivity index (χ2v) is 9.41. The summed E-state index contributed by atoms with van der Waals surface area (Å²) in [5.74, 6) is 2.92. The van der Waals surface area contributed by atoms with Crippen molar-refractivity contribution in [1.29, 1.82) is 0 Å². The molecule has 8 nitrogen and oxygen atoms in total. The van der Waals surface area contributed by atoms with Crippen LogP contribution in [0.5, 0.6) is 28.7 Å². The van der Waals surface area contributed by atoms with Crippen molar-refractivity contribution >= 4 is 27.9 Å². The smallest absolute Gasteiger partial charge is 0.259 e. The van der Waals surface area contributed by atoms with Crippen molar-refractivity contribution in [3.8, 4) is 28.7 Å². The predicted molar refractivity (Wildman–Crippen MR) is 142 cm³/mol. The van der Waals surface area contributed by atoms with Gasteiger partial charge in [0, 0.05) is 29.1 Å². The maximum absolute atomic E-state index is 13.6. The van der Waals surface area contributed by atoms with Gasteiger partial charge in [0.15, 0.2) is 11.5 Å². The standard InChI is InChI=1S/C27H32N2O6S/c1-31-17-10-11-19(21(13-17)33-3)29-26(30)25-18-8-6-7-9-24(18)36-27(25)28-15-16-12-22(34-4)23(35-5)14-20(16)32-2/h10-14,28H,6-9,15H2,1-5H3,(H,29,30). The van der Waals surface area contributed by atoms with Crippen molar-refractivity contribution in [3.05, 3.63) is 51.9 Å². The molecule has 3 aromatic rings. The monoisotopic (exact) mass is 512 g/mol. The molecule has 1 aliphatic carbocycles. The van der Waals surface area contributed by atoms with Gasteiger partial charge in [-0.15, -0.1) is 11.3 Å². The lowest BCUT2D eigenvalue weighted by Crippen LogP contribution is -2.17. The van der Waals surface area contributed by atoms with Gasteiger partial charge in [-0.1, -0.05) is 0 Å². The maximum atomic E-state index is 13.6. The van der Waals surface area contributed by atoms with Crippen LogP contribution in [0.15, 0.2) is 30.3 Å². The number of rotatable bonds is 10. The highest BCUT2D eigenvalue weighted by molar-refractivity contribution is 7.16. The molecule has 2 N–H and O–H groups in total. The van der Waals surface area contributed by atoms with Crippen molar-refractivity contribution < 1.29 is 28.5 Å². The summed E-state index contributed by atoms with van der Waals surface area (Å²) >= 11 is 1.65. The molecule has 192 valence electrons. The molecule has 0 bridgehead atoms. The van der Waals surface area contributed by atoms with Crippen LogP contribution >= 0.6 is 11.3 Å². The summed E-state index contributed by atoms with van der Waals surface area (Å²) in [7, 11) is 7.98. The van der Waals surface area contributed by atoms with Gasteiger partial charge in [0.1, 0.15) is 22.2 Å². The van der Waals surface area contributed by atoms with E-state index in [2.05, 4.69) is 10.6 Å². The van der Waals surface area contributed by atoms with Crippen molar-refractivity contribution in [2.45, 2.75) is 32.2 Å². The van der Waals surface area contributed by atoms with E-state index in [9.17, 15) is 4.79 Å². The number of anilines is 2. The Labute approximate surface area is 215 Å². The topological polar surface area (TPSA) is 87.3 Å².